The number of carbonyl (C=O) groups is 3. The molecule has 6 rings (SSSR count). The van der Waals surface area contributed by atoms with E-state index < -0.39 is 17.4 Å². The van der Waals surface area contributed by atoms with Crippen LogP contribution >= 0.6 is 0 Å². The third kappa shape index (κ3) is 2.21. The maximum absolute atomic E-state index is 14.0. The van der Waals surface area contributed by atoms with E-state index in [0.717, 1.165) is 53.7 Å². The van der Waals surface area contributed by atoms with Gasteiger partial charge >= 0.3 is 0 Å². The Morgan fingerprint density at radius 3 is 2.62 bits per heavy atom. The molecule has 3 saturated heterocycles. The Morgan fingerprint density at radius 1 is 1.06 bits per heavy atom. The smallest absolute Gasteiger partial charge is 0.250 e. The van der Waals surface area contributed by atoms with Crippen LogP contribution in [0.2, 0.25) is 0 Å². The van der Waals surface area contributed by atoms with Gasteiger partial charge in [0.15, 0.2) is 0 Å². The zero-order chi connectivity index (χ0) is 22.4. The molecule has 6 heteroatoms. The zero-order valence-corrected chi connectivity index (χ0v) is 18.6. The molecule has 0 aliphatic carbocycles. The molecule has 0 bridgehead atoms. The summed E-state index contributed by atoms with van der Waals surface area (Å²) < 4.78 is 0. The lowest BCUT2D eigenvalue weighted by atomic mass is 9.75. The highest BCUT2D eigenvalue weighted by molar-refractivity contribution is 6.26. The monoisotopic (exact) mass is 429 g/mol. The predicted octanol–water partition coefficient (Wildman–Crippen LogP) is 3.30. The van der Waals surface area contributed by atoms with Crippen molar-refractivity contribution in [2.75, 3.05) is 16.8 Å². The summed E-state index contributed by atoms with van der Waals surface area (Å²) in [6, 6.07) is 11.7. The van der Waals surface area contributed by atoms with E-state index in [2.05, 4.69) is 23.2 Å². The fraction of sp³-hybridized carbons (Fsp3) is 0.423. The number of amides is 3. The first-order valence-electron chi connectivity index (χ1n) is 11.6. The van der Waals surface area contributed by atoms with Gasteiger partial charge in [-0.25, -0.2) is 4.90 Å². The van der Waals surface area contributed by atoms with Crippen LogP contribution < -0.4 is 10.2 Å². The number of fused-ring (bicyclic) bond motifs is 7. The Balaban J connectivity index is 1.56. The molecule has 1 spiro atoms. The summed E-state index contributed by atoms with van der Waals surface area (Å²) >= 11 is 0. The minimum Gasteiger partial charge on any atom is -0.324 e. The summed E-state index contributed by atoms with van der Waals surface area (Å²) in [6.07, 6.45) is 2.60. The fourth-order valence-electron chi connectivity index (χ4n) is 6.76. The van der Waals surface area contributed by atoms with Crippen molar-refractivity contribution in [3.63, 3.8) is 0 Å². The van der Waals surface area contributed by atoms with Gasteiger partial charge in [0.05, 0.1) is 17.5 Å². The van der Waals surface area contributed by atoms with Gasteiger partial charge in [-0.05, 0) is 62.9 Å². The van der Waals surface area contributed by atoms with Crippen molar-refractivity contribution in [2.45, 2.75) is 51.6 Å². The second-order valence-corrected chi connectivity index (χ2v) is 9.66. The molecule has 2 aromatic carbocycles. The summed E-state index contributed by atoms with van der Waals surface area (Å²) in [5.41, 5.74) is 4.27. The second kappa shape index (κ2) is 6.51. The molecular formula is C26H27N3O3. The molecular weight excluding hydrogens is 402 g/mol. The number of anilines is 2. The van der Waals surface area contributed by atoms with Gasteiger partial charge < -0.3 is 5.32 Å². The molecule has 2 aromatic rings. The molecule has 32 heavy (non-hydrogen) atoms. The van der Waals surface area contributed by atoms with Crippen LogP contribution in [0.4, 0.5) is 11.4 Å². The first kappa shape index (κ1) is 19.7. The maximum Gasteiger partial charge on any atom is 0.250 e. The van der Waals surface area contributed by atoms with E-state index in [0.29, 0.717) is 5.69 Å². The fourth-order valence-corrected chi connectivity index (χ4v) is 6.76. The Kier molecular flexibility index (Phi) is 4.01. The Hall–Kier alpha value is -2.99. The maximum atomic E-state index is 14.0. The van der Waals surface area contributed by atoms with Crippen LogP contribution in [-0.2, 0) is 26.3 Å². The average Bonchev–Trinajstić information content (AvgIpc) is 3.47. The van der Waals surface area contributed by atoms with Crippen LogP contribution in [-0.4, -0.2) is 35.2 Å². The lowest BCUT2D eigenvalue weighted by Gasteiger charge is -2.37. The zero-order valence-electron chi connectivity index (χ0n) is 18.6. The van der Waals surface area contributed by atoms with E-state index in [-0.39, 0.29) is 23.8 Å². The lowest BCUT2D eigenvalue weighted by molar-refractivity contribution is -0.135. The van der Waals surface area contributed by atoms with Gasteiger partial charge in [-0.1, -0.05) is 36.8 Å². The molecule has 0 unspecified atom stereocenters. The first-order chi connectivity index (χ1) is 15.4. The summed E-state index contributed by atoms with van der Waals surface area (Å²) in [6.45, 7) is 6.74. The van der Waals surface area contributed by atoms with Crippen molar-refractivity contribution in [3.8, 4) is 0 Å². The molecule has 4 aliphatic heterocycles. The summed E-state index contributed by atoms with van der Waals surface area (Å²) in [5.74, 6) is -1.76. The summed E-state index contributed by atoms with van der Waals surface area (Å²) in [5, 5.41) is 3.05. The van der Waals surface area contributed by atoms with Gasteiger partial charge in [0, 0.05) is 17.3 Å². The highest BCUT2D eigenvalue weighted by atomic mass is 16.2. The average molecular weight is 430 g/mol. The van der Waals surface area contributed by atoms with E-state index in [1.165, 1.54) is 4.90 Å². The minimum absolute atomic E-state index is 0.0887. The first-order valence-corrected chi connectivity index (χ1v) is 11.6. The predicted molar refractivity (Wildman–Crippen MR) is 121 cm³/mol. The quantitative estimate of drug-likeness (QED) is 0.744. The lowest BCUT2D eigenvalue weighted by Crippen LogP contribution is -2.54. The second-order valence-electron chi connectivity index (χ2n) is 9.66. The Morgan fingerprint density at radius 2 is 1.88 bits per heavy atom. The number of carbonyl (C=O) groups excluding carboxylic acids is 3. The normalized spacial score (nSPS) is 30.8. The van der Waals surface area contributed by atoms with E-state index in [1.807, 2.05) is 44.2 Å². The van der Waals surface area contributed by atoms with Gasteiger partial charge in [0.2, 0.25) is 17.7 Å². The van der Waals surface area contributed by atoms with Crippen LogP contribution in [0.3, 0.4) is 0 Å². The molecule has 4 atom stereocenters. The summed E-state index contributed by atoms with van der Waals surface area (Å²) in [4.78, 5) is 45.1. The molecule has 0 saturated carbocycles. The SMILES string of the molecule is CCc1ccc2c(c1)[C@]1(C(=O)N2)[C@@H]2C(=O)N(c3ccc(C)cc3C)C(=O)[C@@H]2[C@@H]2CCCN21. The largest absolute Gasteiger partial charge is 0.324 e. The van der Waals surface area contributed by atoms with E-state index in [9.17, 15) is 14.4 Å². The van der Waals surface area contributed by atoms with Crippen LogP contribution in [0, 0.1) is 25.7 Å². The molecule has 4 aliphatic rings. The van der Waals surface area contributed by atoms with Crippen LogP contribution in [0.1, 0.15) is 42.0 Å². The minimum atomic E-state index is -1.10. The van der Waals surface area contributed by atoms with Crippen molar-refractivity contribution >= 4 is 29.1 Å². The number of aryl methyl sites for hydroxylation is 3. The molecule has 3 amide bonds. The highest BCUT2D eigenvalue weighted by Crippen LogP contribution is 2.60. The van der Waals surface area contributed by atoms with Crippen molar-refractivity contribution in [2.24, 2.45) is 11.8 Å². The van der Waals surface area contributed by atoms with Crippen LogP contribution in [0.15, 0.2) is 36.4 Å². The highest BCUT2D eigenvalue weighted by Gasteiger charge is 2.74. The van der Waals surface area contributed by atoms with Crippen molar-refractivity contribution in [1.82, 2.24) is 4.90 Å². The third-order valence-electron chi connectivity index (χ3n) is 8.06. The number of rotatable bonds is 2. The van der Waals surface area contributed by atoms with Gasteiger partial charge in [-0.3, -0.25) is 19.3 Å². The number of hydrogen-bond acceptors (Lipinski definition) is 4. The number of nitrogens with one attached hydrogen (secondary N) is 1. The number of imide groups is 1. The van der Waals surface area contributed by atoms with Crippen molar-refractivity contribution in [3.05, 3.63) is 58.7 Å². The number of benzene rings is 2. The third-order valence-corrected chi connectivity index (χ3v) is 8.06. The van der Waals surface area contributed by atoms with Gasteiger partial charge in [-0.2, -0.15) is 0 Å². The molecule has 6 nitrogen and oxygen atoms in total. The standard InChI is InChI=1S/C26H27N3O3/c1-4-16-8-9-18-17(13-16)26(25(32)27-18)22-21(20-6-5-11-28(20)26)23(30)29(24(22)31)19-10-7-14(2)12-15(19)3/h7-10,12-13,20-22H,4-6,11H2,1-3H3,(H,27,32)/t20-,21+,22-,26+/m0/s1. The van der Waals surface area contributed by atoms with Crippen molar-refractivity contribution < 1.29 is 14.4 Å². The number of nitrogens with zero attached hydrogens (tertiary/aromatic N) is 2. The molecule has 0 aromatic heterocycles. The van der Waals surface area contributed by atoms with E-state index in [1.54, 1.807) is 0 Å². The summed E-state index contributed by atoms with van der Waals surface area (Å²) in [7, 11) is 0. The van der Waals surface area contributed by atoms with Gasteiger partial charge in [-0.15, -0.1) is 0 Å². The van der Waals surface area contributed by atoms with E-state index >= 15 is 0 Å². The van der Waals surface area contributed by atoms with Gasteiger partial charge in [0.25, 0.3) is 0 Å². The van der Waals surface area contributed by atoms with Crippen LogP contribution in [0.25, 0.3) is 0 Å². The molecule has 164 valence electrons. The van der Waals surface area contributed by atoms with E-state index in [4.69, 9.17) is 0 Å². The van der Waals surface area contributed by atoms with Crippen molar-refractivity contribution in [1.29, 1.82) is 0 Å². The number of hydrogen-bond donors (Lipinski definition) is 1. The molecule has 4 heterocycles. The molecule has 1 N–H and O–H groups in total. The van der Waals surface area contributed by atoms with Gasteiger partial charge in [0.1, 0.15) is 5.54 Å². The molecule has 0 radical (unpaired) electrons. The Bertz CT molecular complexity index is 1200. The molecule has 3 fully saturated rings. The Labute approximate surface area is 187 Å². The topological polar surface area (TPSA) is 69.7 Å². The van der Waals surface area contributed by atoms with Crippen LogP contribution in [0.5, 0.6) is 0 Å².